The van der Waals surface area contributed by atoms with Crippen LogP contribution in [0.15, 0.2) is 35.2 Å². The Kier molecular flexibility index (Phi) is 4.98. The first-order valence-electron chi connectivity index (χ1n) is 9.13. The molecule has 4 rings (SSSR count). The van der Waals surface area contributed by atoms with Crippen LogP contribution in [0.2, 0.25) is 0 Å². The summed E-state index contributed by atoms with van der Waals surface area (Å²) in [7, 11) is -2.01. The minimum absolute atomic E-state index is 0.0374. The Morgan fingerprint density at radius 3 is 2.70 bits per heavy atom. The van der Waals surface area contributed by atoms with E-state index in [2.05, 4.69) is 4.90 Å². The highest BCUT2D eigenvalue weighted by molar-refractivity contribution is 7.89. The van der Waals surface area contributed by atoms with E-state index in [4.69, 9.17) is 9.47 Å². The highest BCUT2D eigenvalue weighted by Gasteiger charge is 2.57. The lowest BCUT2D eigenvalue weighted by atomic mass is 9.84. The highest BCUT2D eigenvalue weighted by atomic mass is 32.2. The van der Waals surface area contributed by atoms with Gasteiger partial charge in [0.05, 0.1) is 29.7 Å². The Bertz CT molecular complexity index is 794. The van der Waals surface area contributed by atoms with Crippen molar-refractivity contribution in [2.24, 2.45) is 0 Å². The number of sulfonamides is 1. The van der Waals surface area contributed by atoms with Crippen LogP contribution in [0.1, 0.15) is 0 Å². The molecule has 9 heteroatoms. The summed E-state index contributed by atoms with van der Waals surface area (Å²) in [5.41, 5.74) is -0.349. The van der Waals surface area contributed by atoms with Gasteiger partial charge in [-0.25, -0.2) is 8.42 Å². The molecule has 0 unspecified atom stereocenters. The zero-order valence-electron chi connectivity index (χ0n) is 15.4. The van der Waals surface area contributed by atoms with Crippen LogP contribution in [0.3, 0.4) is 0 Å². The standard InChI is InChI=1S/C18H25N3O5S/c1-25-11-17(22)19-9-15-10-26-8-7-21(15)18(12-19)13-20(14-18)27(23,24)16-5-3-2-4-6-16/h2-6,15H,7-14H2,1H3/t15-/m1/s1. The topological polar surface area (TPSA) is 79.4 Å². The number of amides is 1. The Morgan fingerprint density at radius 2 is 2.00 bits per heavy atom. The predicted octanol–water partition coefficient (Wildman–Crippen LogP) is -0.381. The van der Waals surface area contributed by atoms with Gasteiger partial charge in [0.25, 0.3) is 0 Å². The number of carbonyl (C=O) groups excluding carboxylic acids is 1. The number of hydrogen-bond donors (Lipinski definition) is 0. The minimum atomic E-state index is -3.52. The maximum absolute atomic E-state index is 12.9. The van der Waals surface area contributed by atoms with Crippen molar-refractivity contribution < 1.29 is 22.7 Å². The highest BCUT2D eigenvalue weighted by Crippen LogP contribution is 2.38. The maximum Gasteiger partial charge on any atom is 0.248 e. The third-order valence-corrected chi connectivity index (χ3v) is 7.50. The molecule has 0 N–H and O–H groups in total. The lowest BCUT2D eigenvalue weighted by Gasteiger charge is -2.62. The first kappa shape index (κ1) is 18.8. The fourth-order valence-electron chi connectivity index (χ4n) is 4.40. The van der Waals surface area contributed by atoms with Crippen LogP contribution < -0.4 is 0 Å². The van der Waals surface area contributed by atoms with Gasteiger partial charge in [-0.15, -0.1) is 0 Å². The lowest BCUT2D eigenvalue weighted by molar-refractivity contribution is -0.167. The lowest BCUT2D eigenvalue weighted by Crippen LogP contribution is -2.81. The molecule has 8 nitrogen and oxygen atoms in total. The number of ether oxygens (including phenoxy) is 2. The van der Waals surface area contributed by atoms with E-state index in [1.807, 2.05) is 0 Å². The van der Waals surface area contributed by atoms with Gasteiger partial charge in [-0.2, -0.15) is 4.31 Å². The van der Waals surface area contributed by atoms with Gasteiger partial charge in [0.1, 0.15) is 6.61 Å². The number of fused-ring (bicyclic) bond motifs is 2. The van der Waals surface area contributed by atoms with Crippen LogP contribution in [0.4, 0.5) is 0 Å². The molecule has 1 atom stereocenters. The molecule has 1 aromatic rings. The van der Waals surface area contributed by atoms with Crippen molar-refractivity contribution in [2.45, 2.75) is 16.5 Å². The second-order valence-corrected chi connectivity index (χ2v) is 9.38. The second kappa shape index (κ2) is 7.14. The van der Waals surface area contributed by atoms with E-state index in [9.17, 15) is 13.2 Å². The normalized spacial score (nSPS) is 25.8. The third-order valence-electron chi connectivity index (χ3n) is 5.70. The van der Waals surface area contributed by atoms with Crippen LogP contribution in [-0.2, 0) is 24.3 Å². The van der Waals surface area contributed by atoms with E-state index in [1.165, 1.54) is 11.4 Å². The van der Waals surface area contributed by atoms with Crippen molar-refractivity contribution in [1.29, 1.82) is 0 Å². The Labute approximate surface area is 159 Å². The molecular formula is C18H25N3O5S. The zero-order valence-corrected chi connectivity index (χ0v) is 16.2. The second-order valence-electron chi connectivity index (χ2n) is 7.44. The fourth-order valence-corrected chi connectivity index (χ4v) is 6.02. The fraction of sp³-hybridized carbons (Fsp3) is 0.611. The molecule has 0 saturated carbocycles. The van der Waals surface area contributed by atoms with Crippen molar-refractivity contribution in [3.8, 4) is 0 Å². The van der Waals surface area contributed by atoms with Gasteiger partial charge in [0, 0.05) is 39.8 Å². The Morgan fingerprint density at radius 1 is 1.26 bits per heavy atom. The van der Waals surface area contributed by atoms with Crippen molar-refractivity contribution >= 4 is 15.9 Å². The number of piperazine rings is 1. The summed E-state index contributed by atoms with van der Waals surface area (Å²) in [5, 5.41) is 0. The molecule has 3 aliphatic heterocycles. The number of nitrogens with zero attached hydrogens (tertiary/aromatic N) is 3. The summed E-state index contributed by atoms with van der Waals surface area (Å²) in [4.78, 5) is 16.9. The number of rotatable bonds is 4. The molecule has 3 fully saturated rings. The molecular weight excluding hydrogens is 370 g/mol. The van der Waals surface area contributed by atoms with Gasteiger partial charge in [0.15, 0.2) is 0 Å². The molecule has 0 radical (unpaired) electrons. The van der Waals surface area contributed by atoms with Crippen molar-refractivity contribution in [3.05, 3.63) is 30.3 Å². The molecule has 0 bridgehead atoms. The first-order chi connectivity index (χ1) is 13.0. The molecule has 27 heavy (non-hydrogen) atoms. The van der Waals surface area contributed by atoms with Gasteiger partial charge >= 0.3 is 0 Å². The minimum Gasteiger partial charge on any atom is -0.378 e. The molecule has 1 amide bonds. The van der Waals surface area contributed by atoms with E-state index in [0.717, 1.165) is 6.54 Å². The van der Waals surface area contributed by atoms with E-state index >= 15 is 0 Å². The number of morpholine rings is 1. The number of hydrogen-bond acceptors (Lipinski definition) is 6. The van der Waals surface area contributed by atoms with Gasteiger partial charge in [-0.05, 0) is 12.1 Å². The van der Waals surface area contributed by atoms with Crippen LogP contribution >= 0.6 is 0 Å². The molecule has 1 aromatic carbocycles. The van der Waals surface area contributed by atoms with Crippen LogP contribution in [0, 0.1) is 0 Å². The Balaban J connectivity index is 1.55. The van der Waals surface area contributed by atoms with Gasteiger partial charge in [-0.1, -0.05) is 18.2 Å². The van der Waals surface area contributed by atoms with Crippen LogP contribution in [0.25, 0.3) is 0 Å². The average molecular weight is 395 g/mol. The molecule has 148 valence electrons. The van der Waals surface area contributed by atoms with Crippen molar-refractivity contribution in [2.75, 3.05) is 59.7 Å². The van der Waals surface area contributed by atoms with Crippen molar-refractivity contribution in [3.63, 3.8) is 0 Å². The molecule has 0 aromatic heterocycles. The van der Waals surface area contributed by atoms with E-state index < -0.39 is 10.0 Å². The third kappa shape index (κ3) is 3.27. The Hall–Kier alpha value is -1.52. The zero-order chi connectivity index (χ0) is 19.1. The van der Waals surface area contributed by atoms with Crippen molar-refractivity contribution in [1.82, 2.24) is 14.1 Å². The summed E-state index contributed by atoms with van der Waals surface area (Å²) in [6.07, 6.45) is 0. The summed E-state index contributed by atoms with van der Waals surface area (Å²) in [6, 6.07) is 8.59. The molecule has 3 saturated heterocycles. The van der Waals surface area contributed by atoms with E-state index in [1.54, 1.807) is 35.2 Å². The first-order valence-corrected chi connectivity index (χ1v) is 10.6. The van der Waals surface area contributed by atoms with E-state index in [-0.39, 0.29) is 24.1 Å². The summed E-state index contributed by atoms with van der Waals surface area (Å²) in [6.45, 7) is 3.88. The summed E-state index contributed by atoms with van der Waals surface area (Å²) < 4.78 is 37.9. The van der Waals surface area contributed by atoms with Gasteiger partial charge in [0.2, 0.25) is 15.9 Å². The average Bonchev–Trinajstić information content (AvgIpc) is 2.66. The number of carbonyl (C=O) groups is 1. The summed E-state index contributed by atoms with van der Waals surface area (Å²) in [5.74, 6) is -0.0635. The maximum atomic E-state index is 12.9. The number of benzene rings is 1. The monoisotopic (exact) mass is 395 g/mol. The molecule has 3 heterocycles. The molecule has 3 aliphatic rings. The quantitative estimate of drug-likeness (QED) is 0.692. The van der Waals surface area contributed by atoms with E-state index in [0.29, 0.717) is 44.3 Å². The largest absolute Gasteiger partial charge is 0.378 e. The molecule has 0 aliphatic carbocycles. The SMILES string of the molecule is COCC(=O)N1C[C@@H]2COCCN2C2(C1)CN(S(=O)(=O)c1ccccc1)C2. The smallest absolute Gasteiger partial charge is 0.248 e. The van der Waals surface area contributed by atoms with Gasteiger partial charge < -0.3 is 14.4 Å². The summed E-state index contributed by atoms with van der Waals surface area (Å²) >= 11 is 0. The predicted molar refractivity (Wildman–Crippen MR) is 97.7 cm³/mol. The van der Waals surface area contributed by atoms with Crippen LogP contribution in [-0.4, -0.2) is 99.7 Å². The number of methoxy groups -OCH3 is 1. The molecule has 1 spiro atoms. The van der Waals surface area contributed by atoms with Gasteiger partial charge in [-0.3, -0.25) is 9.69 Å². The van der Waals surface area contributed by atoms with Crippen LogP contribution in [0.5, 0.6) is 0 Å².